The molecule has 2 rings (SSSR count). The van der Waals surface area contributed by atoms with Crippen molar-refractivity contribution in [3.8, 4) is 16.9 Å². The molecule has 0 fully saturated rings. The zero-order valence-corrected chi connectivity index (χ0v) is 7.07. The van der Waals surface area contributed by atoms with E-state index in [0.29, 0.717) is 0 Å². The lowest BCUT2D eigenvalue weighted by molar-refractivity contribution is 0.474. The summed E-state index contributed by atoms with van der Waals surface area (Å²) in [5.74, 6) is 0.182. The molecule has 0 aromatic heterocycles. The van der Waals surface area contributed by atoms with Crippen LogP contribution in [0.5, 0.6) is 5.75 Å². The first-order chi connectivity index (χ1) is 6.36. The molecule has 0 saturated heterocycles. The summed E-state index contributed by atoms with van der Waals surface area (Å²) in [7, 11) is 0. The van der Waals surface area contributed by atoms with Gasteiger partial charge in [-0.1, -0.05) is 42.5 Å². The molecular weight excluding hydrogens is 160 g/mol. The highest BCUT2D eigenvalue weighted by Gasteiger charge is 1.96. The first-order valence-electron chi connectivity index (χ1n) is 4.13. The lowest BCUT2D eigenvalue weighted by Crippen LogP contribution is -1.75. The third-order valence-corrected chi connectivity index (χ3v) is 1.86. The monoisotopic (exact) mass is 169 g/mol. The Balaban J connectivity index is 2.48. The Morgan fingerprint density at radius 2 is 1.62 bits per heavy atom. The number of hydrogen-bond acceptors (Lipinski definition) is 1. The molecule has 0 amide bonds. The molecule has 0 aliphatic rings. The topological polar surface area (TPSA) is 20.2 Å². The molecule has 1 radical (unpaired) electrons. The van der Waals surface area contributed by atoms with Crippen LogP contribution in [0.4, 0.5) is 0 Å². The van der Waals surface area contributed by atoms with Gasteiger partial charge in [-0.05, 0) is 17.2 Å². The second-order valence-corrected chi connectivity index (χ2v) is 2.82. The molecule has 0 spiro atoms. The largest absolute Gasteiger partial charge is 0.507 e. The fourth-order valence-electron chi connectivity index (χ4n) is 1.24. The van der Waals surface area contributed by atoms with Gasteiger partial charge in [-0.3, -0.25) is 0 Å². The summed E-state index contributed by atoms with van der Waals surface area (Å²) in [6, 6.07) is 18.1. The van der Waals surface area contributed by atoms with Crippen LogP contribution in [0.3, 0.4) is 0 Å². The Labute approximate surface area is 77.3 Å². The van der Waals surface area contributed by atoms with Crippen molar-refractivity contribution in [3.63, 3.8) is 0 Å². The van der Waals surface area contributed by atoms with E-state index < -0.39 is 0 Å². The van der Waals surface area contributed by atoms with Crippen molar-refractivity contribution in [3.05, 3.63) is 54.6 Å². The van der Waals surface area contributed by atoms with Crippen LogP contribution in [0.1, 0.15) is 0 Å². The Kier molecular flexibility index (Phi) is 2.01. The van der Waals surface area contributed by atoms with Gasteiger partial charge in [-0.15, -0.1) is 0 Å². The van der Waals surface area contributed by atoms with E-state index in [-0.39, 0.29) is 5.75 Å². The van der Waals surface area contributed by atoms with Crippen LogP contribution in [0, 0.1) is 6.07 Å². The minimum absolute atomic E-state index is 0.182. The van der Waals surface area contributed by atoms with Crippen LogP contribution in [-0.2, 0) is 0 Å². The molecule has 2 aromatic rings. The van der Waals surface area contributed by atoms with Crippen molar-refractivity contribution in [1.29, 1.82) is 0 Å². The number of rotatable bonds is 1. The molecule has 0 unspecified atom stereocenters. The summed E-state index contributed by atoms with van der Waals surface area (Å²) >= 11 is 0. The van der Waals surface area contributed by atoms with Gasteiger partial charge >= 0.3 is 0 Å². The number of aromatic hydroxyl groups is 1. The number of benzene rings is 2. The van der Waals surface area contributed by atoms with E-state index in [2.05, 4.69) is 6.07 Å². The minimum atomic E-state index is 0.182. The van der Waals surface area contributed by atoms with Gasteiger partial charge in [-0.2, -0.15) is 0 Å². The molecule has 2 aromatic carbocycles. The maximum Gasteiger partial charge on any atom is 0.124 e. The highest BCUT2D eigenvalue weighted by Crippen LogP contribution is 2.21. The van der Waals surface area contributed by atoms with Gasteiger partial charge in [0, 0.05) is 6.07 Å². The van der Waals surface area contributed by atoms with Crippen molar-refractivity contribution < 1.29 is 5.11 Å². The molecule has 0 bridgehead atoms. The second kappa shape index (κ2) is 3.31. The van der Waals surface area contributed by atoms with E-state index in [1.807, 2.05) is 42.5 Å². The summed E-state index contributed by atoms with van der Waals surface area (Å²) in [5, 5.41) is 9.22. The third-order valence-electron chi connectivity index (χ3n) is 1.86. The SMILES string of the molecule is Oc1[c]c(-c2ccccc2)ccc1. The summed E-state index contributed by atoms with van der Waals surface area (Å²) in [5.41, 5.74) is 1.99. The van der Waals surface area contributed by atoms with Crippen LogP contribution in [0.25, 0.3) is 11.1 Å². The standard InChI is InChI=1S/C12H9O/c13-12-8-4-7-11(9-12)10-5-2-1-3-6-10/h1-8,13H. The van der Waals surface area contributed by atoms with E-state index in [1.165, 1.54) is 0 Å². The van der Waals surface area contributed by atoms with Crippen LogP contribution in [-0.4, -0.2) is 5.11 Å². The first-order valence-corrected chi connectivity index (χ1v) is 4.13. The quantitative estimate of drug-likeness (QED) is 0.696. The molecule has 0 atom stereocenters. The minimum Gasteiger partial charge on any atom is -0.507 e. The maximum absolute atomic E-state index is 9.22. The van der Waals surface area contributed by atoms with E-state index in [1.54, 1.807) is 6.07 Å². The van der Waals surface area contributed by atoms with Gasteiger partial charge in [-0.25, -0.2) is 0 Å². The maximum atomic E-state index is 9.22. The van der Waals surface area contributed by atoms with Crippen molar-refractivity contribution in [2.45, 2.75) is 0 Å². The summed E-state index contributed by atoms with van der Waals surface area (Å²) < 4.78 is 0. The van der Waals surface area contributed by atoms with Gasteiger partial charge in [0.25, 0.3) is 0 Å². The average Bonchev–Trinajstić information content (AvgIpc) is 2.19. The molecule has 1 heteroatoms. The van der Waals surface area contributed by atoms with E-state index in [4.69, 9.17) is 0 Å². The first kappa shape index (κ1) is 7.87. The second-order valence-electron chi connectivity index (χ2n) is 2.82. The molecule has 0 aliphatic carbocycles. The van der Waals surface area contributed by atoms with Gasteiger partial charge in [0.1, 0.15) is 5.75 Å². The lowest BCUT2D eigenvalue weighted by atomic mass is 10.1. The molecule has 63 valence electrons. The number of phenolic OH excluding ortho intramolecular Hbond substituents is 1. The smallest absolute Gasteiger partial charge is 0.124 e. The molecule has 0 aliphatic heterocycles. The van der Waals surface area contributed by atoms with Crippen molar-refractivity contribution in [2.75, 3.05) is 0 Å². The zero-order valence-electron chi connectivity index (χ0n) is 7.07. The predicted molar refractivity (Wildman–Crippen MR) is 52.4 cm³/mol. The Hall–Kier alpha value is -1.76. The van der Waals surface area contributed by atoms with Crippen LogP contribution in [0.2, 0.25) is 0 Å². The summed E-state index contributed by atoms with van der Waals surface area (Å²) in [6.07, 6.45) is 0. The van der Waals surface area contributed by atoms with E-state index >= 15 is 0 Å². The third kappa shape index (κ3) is 1.70. The van der Waals surface area contributed by atoms with Gasteiger partial charge < -0.3 is 5.11 Å². The number of hydrogen-bond donors (Lipinski definition) is 1. The fraction of sp³-hybridized carbons (Fsp3) is 0. The lowest BCUT2D eigenvalue weighted by Gasteiger charge is -2.00. The Bertz CT molecular complexity index is 393. The molecule has 0 saturated carbocycles. The Morgan fingerprint density at radius 3 is 2.31 bits per heavy atom. The predicted octanol–water partition coefficient (Wildman–Crippen LogP) is 2.86. The van der Waals surface area contributed by atoms with Crippen molar-refractivity contribution in [2.24, 2.45) is 0 Å². The fourth-order valence-corrected chi connectivity index (χ4v) is 1.24. The summed E-state index contributed by atoms with van der Waals surface area (Å²) in [4.78, 5) is 0. The summed E-state index contributed by atoms with van der Waals surface area (Å²) in [6.45, 7) is 0. The molecule has 1 N–H and O–H groups in total. The van der Waals surface area contributed by atoms with Crippen molar-refractivity contribution >= 4 is 0 Å². The van der Waals surface area contributed by atoms with Gasteiger partial charge in [0.15, 0.2) is 0 Å². The van der Waals surface area contributed by atoms with Gasteiger partial charge in [0.05, 0.1) is 0 Å². The van der Waals surface area contributed by atoms with E-state index in [9.17, 15) is 5.11 Å². The highest BCUT2D eigenvalue weighted by molar-refractivity contribution is 5.63. The number of phenols is 1. The molecular formula is C12H9O. The average molecular weight is 169 g/mol. The van der Waals surface area contributed by atoms with E-state index in [0.717, 1.165) is 11.1 Å². The molecule has 13 heavy (non-hydrogen) atoms. The van der Waals surface area contributed by atoms with Crippen LogP contribution in [0.15, 0.2) is 48.5 Å². The van der Waals surface area contributed by atoms with Crippen molar-refractivity contribution in [1.82, 2.24) is 0 Å². The van der Waals surface area contributed by atoms with Crippen LogP contribution < -0.4 is 0 Å². The highest BCUT2D eigenvalue weighted by atomic mass is 16.3. The Morgan fingerprint density at radius 1 is 0.846 bits per heavy atom. The van der Waals surface area contributed by atoms with Crippen LogP contribution >= 0.6 is 0 Å². The van der Waals surface area contributed by atoms with Gasteiger partial charge in [0.2, 0.25) is 0 Å². The molecule has 1 nitrogen and oxygen atoms in total. The zero-order chi connectivity index (χ0) is 9.10. The normalized spacial score (nSPS) is 9.85. The molecule has 0 heterocycles.